The Labute approximate surface area is 180 Å². The number of carbonyl (C=O) groups excluding carboxylic acids is 2. The number of urea groups is 1. The summed E-state index contributed by atoms with van der Waals surface area (Å²) in [7, 11) is 0. The molecule has 7 heteroatoms. The molecule has 0 spiro atoms. The largest absolute Gasteiger partial charge is 0.463 e. The van der Waals surface area contributed by atoms with Crippen molar-refractivity contribution in [3.05, 3.63) is 81.5 Å². The average Bonchev–Trinajstić information content (AvgIpc) is 2.73. The molecule has 0 aliphatic carbocycles. The Balaban J connectivity index is 1.69. The van der Waals surface area contributed by atoms with Gasteiger partial charge in [0, 0.05) is 30.4 Å². The quantitative estimate of drug-likeness (QED) is 0.718. The Morgan fingerprint density at radius 3 is 2.67 bits per heavy atom. The third-order valence-corrected chi connectivity index (χ3v) is 5.80. The van der Waals surface area contributed by atoms with Gasteiger partial charge in [0.15, 0.2) is 0 Å². The van der Waals surface area contributed by atoms with E-state index < -0.39 is 12.0 Å². The van der Waals surface area contributed by atoms with Crippen molar-refractivity contribution in [3.63, 3.8) is 0 Å². The van der Waals surface area contributed by atoms with Crippen LogP contribution in [-0.4, -0.2) is 36.6 Å². The Kier molecular flexibility index (Phi) is 6.06. The third kappa shape index (κ3) is 4.20. The topological polar surface area (TPSA) is 70.7 Å². The molecule has 0 saturated carbocycles. The lowest BCUT2D eigenvalue weighted by molar-refractivity contribution is -0.139. The first-order valence-corrected chi connectivity index (χ1v) is 10.5. The number of hydrogen-bond donors (Lipinski definition) is 2. The van der Waals surface area contributed by atoms with Crippen LogP contribution in [0, 0.1) is 0 Å². The summed E-state index contributed by atoms with van der Waals surface area (Å²) < 4.78 is 5.33. The number of benzene rings is 2. The maximum Gasteiger partial charge on any atom is 0.338 e. The fraction of sp³-hybridized carbons (Fsp3) is 0.304. The second-order valence-corrected chi connectivity index (χ2v) is 7.80. The van der Waals surface area contributed by atoms with Crippen molar-refractivity contribution in [3.8, 4) is 0 Å². The molecule has 6 nitrogen and oxygen atoms in total. The van der Waals surface area contributed by atoms with Crippen LogP contribution in [0.1, 0.15) is 29.7 Å². The zero-order valence-corrected chi connectivity index (χ0v) is 17.5. The smallest absolute Gasteiger partial charge is 0.338 e. The molecule has 4 rings (SSSR count). The number of hydrogen-bond acceptors (Lipinski definition) is 4. The van der Waals surface area contributed by atoms with Gasteiger partial charge in [-0.1, -0.05) is 54.1 Å². The summed E-state index contributed by atoms with van der Waals surface area (Å²) in [5.74, 6) is -0.456. The fourth-order valence-corrected chi connectivity index (χ4v) is 4.29. The predicted octanol–water partition coefficient (Wildman–Crippen LogP) is 3.57. The Hall–Kier alpha value is -2.83. The standard InChI is InChI=1S/C23H24ClN3O3/c1-2-30-22(28)20-19(14-27-12-11-15-7-3-4-8-16(15)13-27)25-23(29)26-21(20)17-9-5-6-10-18(17)24/h3-10,21H,2,11-14H2,1H3,(H2,25,26,29)/t21-/m0/s1. The Morgan fingerprint density at radius 2 is 1.90 bits per heavy atom. The van der Waals surface area contributed by atoms with Gasteiger partial charge in [0.25, 0.3) is 0 Å². The number of nitrogens with zero attached hydrogens (tertiary/aromatic N) is 1. The van der Waals surface area contributed by atoms with E-state index in [0.717, 1.165) is 19.5 Å². The van der Waals surface area contributed by atoms with Crippen LogP contribution in [0.2, 0.25) is 5.02 Å². The minimum atomic E-state index is -0.668. The molecule has 2 heterocycles. The second-order valence-electron chi connectivity index (χ2n) is 7.40. The van der Waals surface area contributed by atoms with Crippen molar-refractivity contribution in [2.75, 3.05) is 19.7 Å². The summed E-state index contributed by atoms with van der Waals surface area (Å²) >= 11 is 6.39. The highest BCUT2D eigenvalue weighted by Gasteiger charge is 2.35. The third-order valence-electron chi connectivity index (χ3n) is 5.46. The summed E-state index contributed by atoms with van der Waals surface area (Å²) in [4.78, 5) is 27.6. The summed E-state index contributed by atoms with van der Waals surface area (Å²) in [6, 6.07) is 14.5. The lowest BCUT2D eigenvalue weighted by Gasteiger charge is -2.34. The van der Waals surface area contributed by atoms with Gasteiger partial charge in [-0.3, -0.25) is 4.90 Å². The molecule has 30 heavy (non-hydrogen) atoms. The van der Waals surface area contributed by atoms with E-state index in [1.165, 1.54) is 11.1 Å². The van der Waals surface area contributed by atoms with Gasteiger partial charge in [-0.15, -0.1) is 0 Å². The molecular formula is C23H24ClN3O3. The normalized spacial score (nSPS) is 19.0. The van der Waals surface area contributed by atoms with Crippen LogP contribution in [-0.2, 0) is 22.5 Å². The molecule has 0 bridgehead atoms. The minimum Gasteiger partial charge on any atom is -0.463 e. The SMILES string of the molecule is CCOC(=O)C1=C(CN2CCc3ccccc3C2)NC(=O)N[C@H]1c1ccccc1Cl. The molecular weight excluding hydrogens is 402 g/mol. The number of fused-ring (bicyclic) bond motifs is 1. The first-order chi connectivity index (χ1) is 14.6. The highest BCUT2D eigenvalue weighted by molar-refractivity contribution is 6.31. The summed E-state index contributed by atoms with van der Waals surface area (Å²) in [6.07, 6.45) is 0.929. The van der Waals surface area contributed by atoms with E-state index in [2.05, 4.69) is 33.7 Å². The monoisotopic (exact) mass is 425 g/mol. The number of nitrogens with one attached hydrogen (secondary N) is 2. The molecule has 0 unspecified atom stereocenters. The van der Waals surface area contributed by atoms with Crippen LogP contribution in [0.3, 0.4) is 0 Å². The molecule has 0 fully saturated rings. The number of amides is 2. The first-order valence-electron chi connectivity index (χ1n) is 10.1. The predicted molar refractivity (Wildman–Crippen MR) is 115 cm³/mol. The fourth-order valence-electron chi connectivity index (χ4n) is 4.05. The molecule has 0 radical (unpaired) electrons. The molecule has 2 aromatic rings. The van der Waals surface area contributed by atoms with E-state index in [0.29, 0.717) is 28.4 Å². The second kappa shape index (κ2) is 8.90. The molecule has 0 saturated heterocycles. The van der Waals surface area contributed by atoms with Gasteiger partial charge < -0.3 is 15.4 Å². The zero-order chi connectivity index (χ0) is 21.1. The summed E-state index contributed by atoms with van der Waals surface area (Å²) in [5.41, 5.74) is 4.23. The van der Waals surface area contributed by atoms with E-state index >= 15 is 0 Å². The van der Waals surface area contributed by atoms with E-state index in [1.807, 2.05) is 24.3 Å². The maximum atomic E-state index is 12.9. The lowest BCUT2D eigenvalue weighted by atomic mass is 9.94. The van der Waals surface area contributed by atoms with Gasteiger partial charge in [-0.25, -0.2) is 9.59 Å². The molecule has 156 valence electrons. The summed E-state index contributed by atoms with van der Waals surface area (Å²) in [5, 5.41) is 6.16. The highest BCUT2D eigenvalue weighted by Crippen LogP contribution is 2.32. The Morgan fingerprint density at radius 1 is 1.17 bits per heavy atom. The Bertz CT molecular complexity index is 1000. The van der Waals surface area contributed by atoms with Crippen molar-refractivity contribution >= 4 is 23.6 Å². The molecule has 2 aromatic carbocycles. The minimum absolute atomic E-state index is 0.246. The number of rotatable bonds is 5. The van der Waals surface area contributed by atoms with Gasteiger partial charge in [-0.2, -0.15) is 0 Å². The van der Waals surface area contributed by atoms with Crippen LogP contribution in [0.4, 0.5) is 4.79 Å². The van der Waals surface area contributed by atoms with Gasteiger partial charge >= 0.3 is 12.0 Å². The van der Waals surface area contributed by atoms with Crippen LogP contribution < -0.4 is 10.6 Å². The van der Waals surface area contributed by atoms with Crippen molar-refractivity contribution in [1.29, 1.82) is 0 Å². The van der Waals surface area contributed by atoms with Gasteiger partial charge in [-0.05, 0) is 36.1 Å². The molecule has 2 aliphatic heterocycles. The van der Waals surface area contributed by atoms with Gasteiger partial charge in [0.05, 0.1) is 18.2 Å². The summed E-state index contributed by atoms with van der Waals surface area (Å²) in [6.45, 7) is 4.05. The molecule has 1 atom stereocenters. The number of carbonyl (C=O) groups is 2. The molecule has 2 aliphatic rings. The van der Waals surface area contributed by atoms with Crippen LogP contribution in [0.5, 0.6) is 0 Å². The van der Waals surface area contributed by atoms with E-state index in [-0.39, 0.29) is 12.6 Å². The number of esters is 1. The number of ether oxygens (including phenoxy) is 1. The average molecular weight is 426 g/mol. The van der Waals surface area contributed by atoms with Crippen molar-refractivity contribution in [1.82, 2.24) is 15.5 Å². The van der Waals surface area contributed by atoms with E-state index in [4.69, 9.17) is 16.3 Å². The van der Waals surface area contributed by atoms with Gasteiger partial charge in [0.2, 0.25) is 0 Å². The zero-order valence-electron chi connectivity index (χ0n) is 16.8. The van der Waals surface area contributed by atoms with Crippen molar-refractivity contribution in [2.45, 2.75) is 25.9 Å². The van der Waals surface area contributed by atoms with E-state index in [9.17, 15) is 9.59 Å². The van der Waals surface area contributed by atoms with E-state index in [1.54, 1.807) is 13.0 Å². The number of halogens is 1. The van der Waals surface area contributed by atoms with Gasteiger partial charge in [0.1, 0.15) is 0 Å². The van der Waals surface area contributed by atoms with Crippen LogP contribution in [0.25, 0.3) is 0 Å². The first kappa shape index (κ1) is 20.4. The molecule has 2 N–H and O–H groups in total. The van der Waals surface area contributed by atoms with Crippen LogP contribution >= 0.6 is 11.6 Å². The molecule has 2 amide bonds. The van der Waals surface area contributed by atoms with Crippen molar-refractivity contribution in [2.24, 2.45) is 0 Å². The maximum absolute atomic E-state index is 12.9. The molecule has 0 aromatic heterocycles. The lowest BCUT2D eigenvalue weighted by Crippen LogP contribution is -2.49. The van der Waals surface area contributed by atoms with Crippen LogP contribution in [0.15, 0.2) is 59.8 Å². The van der Waals surface area contributed by atoms with Crippen molar-refractivity contribution < 1.29 is 14.3 Å². The highest BCUT2D eigenvalue weighted by atomic mass is 35.5.